The summed E-state index contributed by atoms with van der Waals surface area (Å²) in [4.78, 5) is 13.7. The van der Waals surface area contributed by atoms with Crippen LogP contribution in [0.4, 0.5) is 0 Å². The van der Waals surface area contributed by atoms with Crippen LogP contribution in [-0.4, -0.2) is 52.5 Å². The monoisotopic (exact) mass is 212 g/mol. The predicted molar refractivity (Wildman–Crippen MR) is 56.0 cm³/mol. The van der Waals surface area contributed by atoms with E-state index >= 15 is 0 Å². The Labute approximate surface area is 89.6 Å². The fraction of sp³-hybridized carbons (Fsp3) is 0.889. The minimum atomic E-state index is -1.45. The lowest BCUT2D eigenvalue weighted by Crippen LogP contribution is -2.52. The standard InChI is InChI=1S/C9H17BN2O3/c1-7(10(14)15)12-6-4-9(8(12)13)3-2-5-11-9/h7,11,14-15H,2-6H2,1H3/t7?,9-/m1/s1. The van der Waals surface area contributed by atoms with Gasteiger partial charge in [0.15, 0.2) is 0 Å². The zero-order valence-corrected chi connectivity index (χ0v) is 8.94. The molecule has 1 unspecified atom stereocenters. The van der Waals surface area contributed by atoms with Gasteiger partial charge in [-0.1, -0.05) is 0 Å². The molecule has 2 aliphatic rings. The Kier molecular flexibility index (Phi) is 2.74. The Morgan fingerprint density at radius 3 is 2.80 bits per heavy atom. The van der Waals surface area contributed by atoms with Crippen LogP contribution in [0.2, 0.25) is 0 Å². The molecule has 0 bridgehead atoms. The molecule has 0 aromatic rings. The van der Waals surface area contributed by atoms with Crippen molar-refractivity contribution in [1.82, 2.24) is 10.2 Å². The number of carbonyl (C=O) groups is 1. The van der Waals surface area contributed by atoms with Gasteiger partial charge in [0.2, 0.25) is 5.91 Å². The summed E-state index contributed by atoms with van der Waals surface area (Å²) in [5, 5.41) is 21.4. The molecule has 0 saturated carbocycles. The predicted octanol–water partition coefficient (Wildman–Crippen LogP) is -1.26. The molecular weight excluding hydrogens is 195 g/mol. The molecule has 6 heteroatoms. The first-order chi connectivity index (χ1) is 7.07. The van der Waals surface area contributed by atoms with Crippen LogP contribution in [0.1, 0.15) is 26.2 Å². The third-order valence-corrected chi connectivity index (χ3v) is 3.62. The van der Waals surface area contributed by atoms with Gasteiger partial charge in [0, 0.05) is 6.54 Å². The Bertz CT molecular complexity index is 266. The van der Waals surface area contributed by atoms with Gasteiger partial charge in [-0.2, -0.15) is 0 Å². The van der Waals surface area contributed by atoms with Gasteiger partial charge >= 0.3 is 7.12 Å². The third kappa shape index (κ3) is 1.66. The van der Waals surface area contributed by atoms with E-state index in [4.69, 9.17) is 10.0 Å². The summed E-state index contributed by atoms with van der Waals surface area (Å²) in [6, 6.07) is 0. The van der Waals surface area contributed by atoms with Crippen molar-refractivity contribution in [3.63, 3.8) is 0 Å². The average Bonchev–Trinajstić information content (AvgIpc) is 2.77. The number of nitrogens with zero attached hydrogens (tertiary/aromatic N) is 1. The molecule has 15 heavy (non-hydrogen) atoms. The van der Waals surface area contributed by atoms with Crippen molar-refractivity contribution in [2.75, 3.05) is 13.1 Å². The molecule has 0 aromatic heterocycles. The minimum absolute atomic E-state index is 0.0283. The Hall–Kier alpha value is -0.585. The fourth-order valence-corrected chi connectivity index (χ4v) is 2.55. The van der Waals surface area contributed by atoms with E-state index in [2.05, 4.69) is 5.32 Å². The van der Waals surface area contributed by atoms with Crippen LogP contribution in [0.15, 0.2) is 0 Å². The second kappa shape index (κ2) is 3.77. The summed E-state index contributed by atoms with van der Waals surface area (Å²) in [6.07, 6.45) is 2.68. The quantitative estimate of drug-likeness (QED) is 0.499. The number of nitrogens with one attached hydrogen (secondary N) is 1. The van der Waals surface area contributed by atoms with Gasteiger partial charge in [-0.25, -0.2) is 0 Å². The topological polar surface area (TPSA) is 72.8 Å². The van der Waals surface area contributed by atoms with Gasteiger partial charge in [-0.15, -0.1) is 0 Å². The minimum Gasteiger partial charge on any atom is -0.426 e. The van der Waals surface area contributed by atoms with Gasteiger partial charge < -0.3 is 20.3 Å². The highest BCUT2D eigenvalue weighted by atomic mass is 16.4. The van der Waals surface area contributed by atoms with Crippen molar-refractivity contribution in [2.45, 2.75) is 37.7 Å². The van der Waals surface area contributed by atoms with Crippen LogP contribution >= 0.6 is 0 Å². The molecule has 3 N–H and O–H groups in total. The molecule has 1 amide bonds. The van der Waals surface area contributed by atoms with Crippen molar-refractivity contribution in [3.8, 4) is 0 Å². The van der Waals surface area contributed by atoms with Gasteiger partial charge in [-0.3, -0.25) is 4.79 Å². The smallest absolute Gasteiger partial charge is 0.426 e. The molecule has 2 rings (SSSR count). The highest BCUT2D eigenvalue weighted by molar-refractivity contribution is 6.43. The first-order valence-electron chi connectivity index (χ1n) is 5.49. The van der Waals surface area contributed by atoms with Crippen molar-refractivity contribution < 1.29 is 14.8 Å². The van der Waals surface area contributed by atoms with Crippen LogP contribution in [-0.2, 0) is 4.79 Å². The number of rotatable bonds is 2. The van der Waals surface area contributed by atoms with E-state index in [-0.39, 0.29) is 5.91 Å². The van der Waals surface area contributed by atoms with E-state index in [0.29, 0.717) is 6.54 Å². The summed E-state index contributed by atoms with van der Waals surface area (Å²) in [5.74, 6) is -0.486. The maximum atomic E-state index is 12.1. The highest BCUT2D eigenvalue weighted by Gasteiger charge is 2.50. The van der Waals surface area contributed by atoms with E-state index in [1.807, 2.05) is 0 Å². The van der Waals surface area contributed by atoms with Gasteiger partial charge in [0.25, 0.3) is 0 Å². The summed E-state index contributed by atoms with van der Waals surface area (Å²) < 4.78 is 0. The maximum absolute atomic E-state index is 12.1. The van der Waals surface area contributed by atoms with Crippen molar-refractivity contribution in [2.24, 2.45) is 0 Å². The third-order valence-electron chi connectivity index (χ3n) is 3.62. The van der Waals surface area contributed by atoms with E-state index < -0.39 is 18.6 Å². The number of hydrogen-bond donors (Lipinski definition) is 3. The summed E-state index contributed by atoms with van der Waals surface area (Å²) in [5.41, 5.74) is -0.400. The van der Waals surface area contributed by atoms with Crippen molar-refractivity contribution in [1.29, 1.82) is 0 Å². The van der Waals surface area contributed by atoms with Crippen LogP contribution < -0.4 is 5.32 Å². The normalized spacial score (nSPS) is 32.7. The second-order valence-electron chi connectivity index (χ2n) is 4.52. The molecule has 0 aromatic carbocycles. The van der Waals surface area contributed by atoms with Crippen LogP contribution in [0.25, 0.3) is 0 Å². The second-order valence-corrected chi connectivity index (χ2v) is 4.52. The molecule has 0 radical (unpaired) electrons. The zero-order chi connectivity index (χ0) is 11.1. The molecule has 0 aliphatic carbocycles. The molecule has 2 atom stereocenters. The molecule has 2 heterocycles. The lowest BCUT2D eigenvalue weighted by Gasteiger charge is -2.27. The maximum Gasteiger partial charge on any atom is 0.475 e. The van der Waals surface area contributed by atoms with Crippen molar-refractivity contribution >= 4 is 13.0 Å². The average molecular weight is 212 g/mol. The number of hydrogen-bond acceptors (Lipinski definition) is 4. The first-order valence-corrected chi connectivity index (χ1v) is 5.49. The summed E-state index contributed by atoms with van der Waals surface area (Å²) >= 11 is 0. The van der Waals surface area contributed by atoms with Gasteiger partial charge in [-0.05, 0) is 32.7 Å². The summed E-state index contributed by atoms with van der Waals surface area (Å²) in [6.45, 7) is 3.16. The summed E-state index contributed by atoms with van der Waals surface area (Å²) in [7, 11) is -1.45. The largest absolute Gasteiger partial charge is 0.475 e. The number of carbonyl (C=O) groups excluding carboxylic acids is 1. The Morgan fingerprint density at radius 1 is 1.53 bits per heavy atom. The molecule has 2 aliphatic heterocycles. The molecule has 1 spiro atoms. The van der Waals surface area contributed by atoms with E-state index in [1.165, 1.54) is 0 Å². The fourth-order valence-electron chi connectivity index (χ4n) is 2.55. The molecular formula is C9H17BN2O3. The van der Waals surface area contributed by atoms with E-state index in [1.54, 1.807) is 11.8 Å². The van der Waals surface area contributed by atoms with Crippen LogP contribution in [0.5, 0.6) is 0 Å². The van der Waals surface area contributed by atoms with Crippen LogP contribution in [0.3, 0.4) is 0 Å². The lowest BCUT2D eigenvalue weighted by atomic mass is 9.80. The lowest BCUT2D eigenvalue weighted by molar-refractivity contribution is -0.133. The van der Waals surface area contributed by atoms with Gasteiger partial charge in [0.05, 0.1) is 11.5 Å². The number of likely N-dealkylation sites (tertiary alicyclic amines) is 1. The molecule has 84 valence electrons. The van der Waals surface area contributed by atoms with Crippen LogP contribution in [0, 0.1) is 0 Å². The van der Waals surface area contributed by atoms with E-state index in [0.717, 1.165) is 25.8 Å². The molecule has 2 fully saturated rings. The Balaban J connectivity index is 2.10. The molecule has 2 saturated heterocycles. The zero-order valence-electron chi connectivity index (χ0n) is 8.94. The van der Waals surface area contributed by atoms with Gasteiger partial charge in [0.1, 0.15) is 0 Å². The van der Waals surface area contributed by atoms with E-state index in [9.17, 15) is 4.79 Å². The molecule has 5 nitrogen and oxygen atoms in total. The first kappa shape index (κ1) is 10.9. The SMILES string of the molecule is CC(B(O)O)N1CC[C@]2(CCCN2)C1=O. The van der Waals surface area contributed by atoms with Crippen molar-refractivity contribution in [3.05, 3.63) is 0 Å². The highest BCUT2D eigenvalue weighted by Crippen LogP contribution is 2.32. The Morgan fingerprint density at radius 2 is 2.27 bits per heavy atom. The number of amides is 1.